The fraction of sp³-hybridized carbons (Fsp3) is 0.267. The third-order valence-corrected chi connectivity index (χ3v) is 8.49. The Bertz CT molecular complexity index is 1550. The van der Waals surface area contributed by atoms with Crippen LogP contribution in [0.2, 0.25) is 0 Å². The van der Waals surface area contributed by atoms with Crippen molar-refractivity contribution >= 4 is 50.3 Å². The highest BCUT2D eigenvalue weighted by molar-refractivity contribution is 7.17. The number of carbonyl (C=O) groups is 2. The van der Waals surface area contributed by atoms with E-state index in [2.05, 4.69) is 31.4 Å². The van der Waals surface area contributed by atoms with Gasteiger partial charge in [0.2, 0.25) is 0 Å². The fourth-order valence-electron chi connectivity index (χ4n) is 5.08. The van der Waals surface area contributed by atoms with Crippen LogP contribution in [-0.2, 0) is 12.8 Å². The molecule has 38 heavy (non-hydrogen) atoms. The van der Waals surface area contributed by atoms with E-state index in [0.29, 0.717) is 22.2 Å². The van der Waals surface area contributed by atoms with E-state index in [9.17, 15) is 19.7 Å². The van der Waals surface area contributed by atoms with Crippen molar-refractivity contribution in [2.24, 2.45) is 11.3 Å². The molecule has 4 aromatic rings. The number of nitro benzene ring substituents is 1. The average molecular weight is 528 g/mol. The van der Waals surface area contributed by atoms with Gasteiger partial charge in [-0.2, -0.15) is 0 Å². The molecular weight excluding hydrogens is 498 g/mol. The Hall–Kier alpha value is -4.04. The third-order valence-electron chi connectivity index (χ3n) is 7.32. The summed E-state index contributed by atoms with van der Waals surface area (Å²) < 4.78 is 0. The summed E-state index contributed by atoms with van der Waals surface area (Å²) in [5.74, 6) is -0.196. The maximum absolute atomic E-state index is 13.8. The molecule has 0 radical (unpaired) electrons. The Morgan fingerprint density at radius 3 is 2.37 bits per heavy atom. The molecule has 3 aromatic carbocycles. The number of thiophene rings is 1. The normalized spacial score (nSPS) is 15.1. The van der Waals surface area contributed by atoms with Crippen molar-refractivity contribution in [2.75, 3.05) is 10.6 Å². The van der Waals surface area contributed by atoms with Gasteiger partial charge >= 0.3 is 0 Å². The molecule has 0 saturated heterocycles. The molecule has 2 N–H and O–H groups in total. The van der Waals surface area contributed by atoms with Crippen LogP contribution in [0.25, 0.3) is 10.8 Å². The number of amides is 2. The van der Waals surface area contributed by atoms with E-state index >= 15 is 0 Å². The van der Waals surface area contributed by atoms with Gasteiger partial charge in [-0.3, -0.25) is 19.7 Å². The van der Waals surface area contributed by atoms with Crippen LogP contribution in [0.15, 0.2) is 66.7 Å². The molecule has 7 nitrogen and oxygen atoms in total. The van der Waals surface area contributed by atoms with Crippen LogP contribution in [0.1, 0.15) is 58.3 Å². The molecule has 0 aliphatic heterocycles. The Balaban J connectivity index is 1.50. The van der Waals surface area contributed by atoms with E-state index in [4.69, 9.17) is 0 Å². The Morgan fingerprint density at radius 2 is 1.66 bits per heavy atom. The summed E-state index contributed by atoms with van der Waals surface area (Å²) in [5.41, 5.74) is 2.54. The first-order valence-corrected chi connectivity index (χ1v) is 13.4. The molecule has 1 atom stereocenters. The van der Waals surface area contributed by atoms with Crippen LogP contribution >= 0.6 is 11.3 Å². The van der Waals surface area contributed by atoms with Gasteiger partial charge in [0, 0.05) is 33.6 Å². The summed E-state index contributed by atoms with van der Waals surface area (Å²) in [6.45, 7) is 6.71. The highest BCUT2D eigenvalue weighted by atomic mass is 32.1. The molecule has 1 aliphatic rings. The van der Waals surface area contributed by atoms with Crippen molar-refractivity contribution < 1.29 is 14.5 Å². The quantitative estimate of drug-likeness (QED) is 0.208. The lowest BCUT2D eigenvalue weighted by Crippen LogP contribution is -2.27. The first kappa shape index (κ1) is 25.6. The molecule has 1 heterocycles. The largest absolute Gasteiger partial charge is 0.321 e. The van der Waals surface area contributed by atoms with Crippen LogP contribution in [0.3, 0.4) is 0 Å². The van der Waals surface area contributed by atoms with Gasteiger partial charge in [0.1, 0.15) is 5.00 Å². The maximum Gasteiger partial charge on any atom is 0.269 e. The van der Waals surface area contributed by atoms with Gasteiger partial charge in [0.25, 0.3) is 17.5 Å². The van der Waals surface area contributed by atoms with E-state index in [1.807, 2.05) is 42.5 Å². The minimum atomic E-state index is -0.504. The maximum atomic E-state index is 13.8. The van der Waals surface area contributed by atoms with Crippen molar-refractivity contribution in [1.29, 1.82) is 0 Å². The minimum Gasteiger partial charge on any atom is -0.321 e. The number of rotatable bonds is 5. The number of anilines is 2. The lowest BCUT2D eigenvalue weighted by atomic mass is 9.72. The van der Waals surface area contributed by atoms with Gasteiger partial charge < -0.3 is 10.6 Å². The number of hydrogen-bond acceptors (Lipinski definition) is 5. The predicted molar refractivity (Wildman–Crippen MR) is 152 cm³/mol. The van der Waals surface area contributed by atoms with Crippen molar-refractivity contribution in [3.63, 3.8) is 0 Å². The predicted octanol–water partition coefficient (Wildman–Crippen LogP) is 7.47. The number of nitrogens with zero attached hydrogens (tertiary/aromatic N) is 1. The minimum absolute atomic E-state index is 0.0866. The van der Waals surface area contributed by atoms with Gasteiger partial charge in [-0.1, -0.05) is 57.2 Å². The van der Waals surface area contributed by atoms with Crippen molar-refractivity contribution in [2.45, 2.75) is 40.0 Å². The molecule has 1 aliphatic carbocycles. The van der Waals surface area contributed by atoms with Crippen molar-refractivity contribution in [1.82, 2.24) is 0 Å². The van der Waals surface area contributed by atoms with Crippen LogP contribution < -0.4 is 10.6 Å². The summed E-state index contributed by atoms with van der Waals surface area (Å²) in [4.78, 5) is 38.5. The number of nitrogens with one attached hydrogen (secondary N) is 2. The molecule has 0 spiro atoms. The zero-order chi connectivity index (χ0) is 27.0. The second-order valence-electron chi connectivity index (χ2n) is 10.8. The molecule has 0 bridgehead atoms. The van der Waals surface area contributed by atoms with Gasteiger partial charge in [-0.05, 0) is 59.7 Å². The monoisotopic (exact) mass is 527 g/mol. The summed E-state index contributed by atoms with van der Waals surface area (Å²) >= 11 is 1.45. The molecule has 0 saturated carbocycles. The first-order valence-electron chi connectivity index (χ1n) is 12.6. The molecule has 194 valence electrons. The van der Waals surface area contributed by atoms with Gasteiger partial charge in [0.05, 0.1) is 10.5 Å². The number of non-ortho nitro benzene ring substituents is 1. The lowest BCUT2D eigenvalue weighted by Gasteiger charge is -2.33. The summed E-state index contributed by atoms with van der Waals surface area (Å²) in [6, 6.07) is 19.1. The van der Waals surface area contributed by atoms with Crippen LogP contribution in [0.5, 0.6) is 0 Å². The Labute approximate surface area is 225 Å². The second kappa shape index (κ2) is 10.0. The van der Waals surface area contributed by atoms with E-state index in [1.54, 1.807) is 0 Å². The molecule has 1 aromatic heterocycles. The molecule has 0 fully saturated rings. The van der Waals surface area contributed by atoms with Crippen molar-refractivity contribution in [3.8, 4) is 0 Å². The van der Waals surface area contributed by atoms with Crippen LogP contribution in [0, 0.1) is 21.4 Å². The van der Waals surface area contributed by atoms with Gasteiger partial charge in [-0.25, -0.2) is 0 Å². The smallest absolute Gasteiger partial charge is 0.269 e. The second-order valence-corrected chi connectivity index (χ2v) is 11.9. The zero-order valence-corrected chi connectivity index (χ0v) is 22.4. The van der Waals surface area contributed by atoms with E-state index in [-0.39, 0.29) is 22.6 Å². The Morgan fingerprint density at radius 1 is 0.947 bits per heavy atom. The zero-order valence-electron chi connectivity index (χ0n) is 21.5. The summed E-state index contributed by atoms with van der Waals surface area (Å²) in [7, 11) is 0. The van der Waals surface area contributed by atoms with E-state index in [1.165, 1.54) is 35.6 Å². The highest BCUT2D eigenvalue weighted by Crippen LogP contribution is 2.44. The number of nitro groups is 1. The van der Waals surface area contributed by atoms with Crippen molar-refractivity contribution in [3.05, 3.63) is 98.4 Å². The number of fused-ring (bicyclic) bond motifs is 2. The molecule has 5 rings (SSSR count). The first-order chi connectivity index (χ1) is 18.1. The molecule has 2 amide bonds. The Kier molecular flexibility index (Phi) is 6.75. The number of hydrogen-bond donors (Lipinski definition) is 2. The van der Waals surface area contributed by atoms with E-state index < -0.39 is 10.8 Å². The third kappa shape index (κ3) is 5.04. The highest BCUT2D eigenvalue weighted by Gasteiger charge is 2.34. The SMILES string of the molecule is CC(C)(C)C1CCc2c(sc(NC(=O)c3ccc([N+](=O)[O-])cc3)c2C(=O)Nc2cccc3ccccc23)C1. The van der Waals surface area contributed by atoms with Gasteiger partial charge in [0.15, 0.2) is 0 Å². The topological polar surface area (TPSA) is 101 Å². The average Bonchev–Trinajstić information content (AvgIpc) is 3.25. The standard InChI is InChI=1S/C30H29N3O4S/c1-30(2,3)20-13-16-23-25(17-20)38-29(32-27(34)19-11-14-21(15-12-19)33(36)37)26(23)28(35)31-24-10-6-8-18-7-4-5-9-22(18)24/h4-12,14-15,20H,13,16-17H2,1-3H3,(H,31,35)(H,32,34). The fourth-order valence-corrected chi connectivity index (χ4v) is 6.40. The van der Waals surface area contributed by atoms with Crippen LogP contribution in [-0.4, -0.2) is 16.7 Å². The van der Waals surface area contributed by atoms with Crippen LogP contribution in [0.4, 0.5) is 16.4 Å². The van der Waals surface area contributed by atoms with E-state index in [0.717, 1.165) is 40.5 Å². The summed E-state index contributed by atoms with van der Waals surface area (Å²) in [5, 5.41) is 19.5. The lowest BCUT2D eigenvalue weighted by molar-refractivity contribution is -0.384. The number of carbonyl (C=O) groups excluding carboxylic acids is 2. The summed E-state index contributed by atoms with van der Waals surface area (Å²) in [6.07, 6.45) is 2.59. The molecule has 1 unspecified atom stereocenters. The molecule has 8 heteroatoms. The molecular formula is C30H29N3O4S. The number of benzene rings is 3. The van der Waals surface area contributed by atoms with Gasteiger partial charge in [-0.15, -0.1) is 11.3 Å².